The number of rotatable bonds is 3. The number of furan rings is 1. The Balaban J connectivity index is 1.48. The molecule has 0 saturated heterocycles. The first-order valence-corrected chi connectivity index (χ1v) is 8.23. The number of hydrogen-bond acceptors (Lipinski definition) is 2. The van der Waals surface area contributed by atoms with Crippen LogP contribution in [0.15, 0.2) is 40.8 Å². The molecule has 22 heavy (non-hydrogen) atoms. The Morgan fingerprint density at radius 3 is 2.82 bits per heavy atom. The van der Waals surface area contributed by atoms with E-state index in [0.717, 1.165) is 17.9 Å². The molecule has 4 rings (SSSR count). The second-order valence-corrected chi connectivity index (χ2v) is 6.87. The van der Waals surface area contributed by atoms with Gasteiger partial charge in [0.15, 0.2) is 5.76 Å². The molecule has 0 spiro atoms. The van der Waals surface area contributed by atoms with Gasteiger partial charge in [0.2, 0.25) is 0 Å². The molecule has 3 atom stereocenters. The number of benzene rings is 1. The first-order valence-electron chi connectivity index (χ1n) is 7.85. The monoisotopic (exact) mass is 315 g/mol. The molecule has 1 amide bonds. The maximum absolute atomic E-state index is 12.4. The first-order chi connectivity index (χ1) is 10.7. The zero-order chi connectivity index (χ0) is 15.1. The van der Waals surface area contributed by atoms with E-state index in [0.29, 0.717) is 28.5 Å². The summed E-state index contributed by atoms with van der Waals surface area (Å²) < 4.78 is 5.71. The molecule has 1 aromatic carbocycles. The Morgan fingerprint density at radius 2 is 2.09 bits per heavy atom. The highest BCUT2D eigenvalue weighted by atomic mass is 35.5. The molecule has 2 aromatic rings. The van der Waals surface area contributed by atoms with Crippen LogP contribution in [0, 0.1) is 11.8 Å². The third-order valence-electron chi connectivity index (χ3n) is 4.99. The van der Waals surface area contributed by atoms with Gasteiger partial charge in [-0.15, -0.1) is 0 Å². The van der Waals surface area contributed by atoms with Crippen molar-refractivity contribution in [2.24, 2.45) is 11.8 Å². The topological polar surface area (TPSA) is 42.2 Å². The minimum atomic E-state index is -0.106. The predicted octanol–water partition coefficient (Wildman–Crippen LogP) is 4.52. The Morgan fingerprint density at radius 1 is 1.18 bits per heavy atom. The highest BCUT2D eigenvalue weighted by Gasteiger charge is 2.40. The van der Waals surface area contributed by atoms with Crippen molar-refractivity contribution in [3.8, 4) is 11.3 Å². The van der Waals surface area contributed by atoms with Crippen LogP contribution in [0.3, 0.4) is 0 Å². The summed E-state index contributed by atoms with van der Waals surface area (Å²) in [5, 5.41) is 3.80. The molecule has 0 aliphatic heterocycles. The van der Waals surface area contributed by atoms with Crippen molar-refractivity contribution in [3.05, 3.63) is 47.2 Å². The zero-order valence-electron chi connectivity index (χ0n) is 12.2. The molecule has 2 bridgehead atoms. The molecular weight excluding hydrogens is 298 g/mol. The molecule has 1 heterocycles. The number of nitrogens with one attached hydrogen (secondary N) is 1. The van der Waals surface area contributed by atoms with Gasteiger partial charge in [0, 0.05) is 16.6 Å². The number of amides is 1. The number of halogens is 1. The molecule has 2 fully saturated rings. The summed E-state index contributed by atoms with van der Waals surface area (Å²) in [6.07, 6.45) is 4.98. The highest BCUT2D eigenvalue weighted by molar-refractivity contribution is 6.30. The average molecular weight is 316 g/mol. The van der Waals surface area contributed by atoms with Gasteiger partial charge in [-0.3, -0.25) is 4.79 Å². The molecule has 2 aliphatic rings. The van der Waals surface area contributed by atoms with Crippen LogP contribution in [0.5, 0.6) is 0 Å². The van der Waals surface area contributed by atoms with E-state index in [1.807, 2.05) is 30.3 Å². The van der Waals surface area contributed by atoms with Gasteiger partial charge < -0.3 is 9.73 Å². The summed E-state index contributed by atoms with van der Waals surface area (Å²) in [6.45, 7) is 0. The number of fused-ring (bicyclic) bond motifs is 2. The number of hydrogen-bond donors (Lipinski definition) is 1. The highest BCUT2D eigenvalue weighted by Crippen LogP contribution is 2.44. The molecule has 0 radical (unpaired) electrons. The van der Waals surface area contributed by atoms with Crippen molar-refractivity contribution in [2.45, 2.75) is 31.7 Å². The van der Waals surface area contributed by atoms with E-state index in [1.165, 1.54) is 19.3 Å². The summed E-state index contributed by atoms with van der Waals surface area (Å²) >= 11 is 5.99. The molecule has 4 heteroatoms. The fraction of sp³-hybridized carbons (Fsp3) is 0.389. The third kappa shape index (κ3) is 2.54. The predicted molar refractivity (Wildman–Crippen MR) is 85.9 cm³/mol. The molecule has 1 N–H and O–H groups in total. The molecule has 0 unspecified atom stereocenters. The van der Waals surface area contributed by atoms with E-state index in [1.54, 1.807) is 6.07 Å². The lowest BCUT2D eigenvalue weighted by atomic mass is 9.95. The van der Waals surface area contributed by atoms with Gasteiger partial charge in [0.05, 0.1) is 0 Å². The maximum atomic E-state index is 12.4. The number of carbonyl (C=O) groups is 1. The normalized spacial score (nSPS) is 26.3. The summed E-state index contributed by atoms with van der Waals surface area (Å²) in [4.78, 5) is 12.4. The summed E-state index contributed by atoms with van der Waals surface area (Å²) in [7, 11) is 0. The van der Waals surface area contributed by atoms with Crippen LogP contribution in [-0.4, -0.2) is 11.9 Å². The molecule has 1 aromatic heterocycles. The zero-order valence-corrected chi connectivity index (χ0v) is 13.0. The van der Waals surface area contributed by atoms with Crippen molar-refractivity contribution in [1.29, 1.82) is 0 Å². The summed E-state index contributed by atoms with van der Waals surface area (Å²) in [5.74, 6) is 2.41. The second kappa shape index (κ2) is 5.47. The standard InChI is InChI=1S/C18H18ClNO2/c19-14-3-1-2-13(10-14)16-6-7-17(22-16)18(21)20-15-9-11-4-5-12(15)8-11/h1-3,6-7,10-12,15H,4-5,8-9H2,(H,20,21)/t11-,12+,15-/m1/s1. The van der Waals surface area contributed by atoms with Crippen LogP contribution < -0.4 is 5.32 Å². The Bertz CT molecular complexity index is 709. The van der Waals surface area contributed by atoms with Crippen molar-refractivity contribution in [3.63, 3.8) is 0 Å². The lowest BCUT2D eigenvalue weighted by molar-refractivity contribution is 0.0895. The smallest absolute Gasteiger partial charge is 0.287 e. The largest absolute Gasteiger partial charge is 0.451 e. The lowest BCUT2D eigenvalue weighted by Gasteiger charge is -2.22. The Kier molecular flexibility index (Phi) is 3.45. The molecule has 2 saturated carbocycles. The van der Waals surface area contributed by atoms with E-state index in [4.69, 9.17) is 16.0 Å². The quantitative estimate of drug-likeness (QED) is 0.905. The van der Waals surface area contributed by atoms with Crippen LogP contribution in [-0.2, 0) is 0 Å². The Labute approximate surface area is 134 Å². The van der Waals surface area contributed by atoms with Gasteiger partial charge in [-0.25, -0.2) is 0 Å². The fourth-order valence-electron chi connectivity index (χ4n) is 3.92. The fourth-order valence-corrected chi connectivity index (χ4v) is 4.11. The SMILES string of the molecule is O=C(N[C@@H]1C[C@@H]2CC[C@H]1C2)c1ccc(-c2cccc(Cl)c2)o1. The first kappa shape index (κ1) is 13.9. The van der Waals surface area contributed by atoms with Gasteiger partial charge in [0.1, 0.15) is 5.76 Å². The van der Waals surface area contributed by atoms with Crippen molar-refractivity contribution in [1.82, 2.24) is 5.32 Å². The minimum absolute atomic E-state index is 0.106. The van der Waals surface area contributed by atoms with Gasteiger partial charge in [0.25, 0.3) is 5.91 Å². The van der Waals surface area contributed by atoms with E-state index in [9.17, 15) is 4.79 Å². The van der Waals surface area contributed by atoms with Gasteiger partial charge in [-0.2, -0.15) is 0 Å². The minimum Gasteiger partial charge on any atom is -0.451 e. The van der Waals surface area contributed by atoms with Gasteiger partial charge in [-0.05, 0) is 55.4 Å². The maximum Gasteiger partial charge on any atom is 0.287 e. The molecule has 2 aliphatic carbocycles. The van der Waals surface area contributed by atoms with Crippen LogP contribution >= 0.6 is 11.6 Å². The Hall–Kier alpha value is -1.74. The average Bonchev–Trinajstić information content (AvgIpc) is 3.23. The summed E-state index contributed by atoms with van der Waals surface area (Å²) in [5.41, 5.74) is 0.881. The van der Waals surface area contributed by atoms with Crippen LogP contribution in [0.2, 0.25) is 5.02 Å². The second-order valence-electron chi connectivity index (χ2n) is 6.43. The molecular formula is C18H18ClNO2. The van der Waals surface area contributed by atoms with E-state index >= 15 is 0 Å². The summed E-state index contributed by atoms with van der Waals surface area (Å²) in [6, 6.07) is 11.3. The number of carbonyl (C=O) groups excluding carboxylic acids is 1. The van der Waals surface area contributed by atoms with Crippen molar-refractivity contribution in [2.75, 3.05) is 0 Å². The third-order valence-corrected chi connectivity index (χ3v) is 5.23. The van der Waals surface area contributed by atoms with E-state index < -0.39 is 0 Å². The van der Waals surface area contributed by atoms with E-state index in [-0.39, 0.29) is 5.91 Å². The van der Waals surface area contributed by atoms with E-state index in [2.05, 4.69) is 5.32 Å². The van der Waals surface area contributed by atoms with Crippen LogP contribution in [0.4, 0.5) is 0 Å². The molecule has 114 valence electrons. The van der Waals surface area contributed by atoms with Gasteiger partial charge >= 0.3 is 0 Å². The van der Waals surface area contributed by atoms with Crippen LogP contribution in [0.25, 0.3) is 11.3 Å². The van der Waals surface area contributed by atoms with Gasteiger partial charge in [-0.1, -0.05) is 30.2 Å². The lowest BCUT2D eigenvalue weighted by Crippen LogP contribution is -2.38. The van der Waals surface area contributed by atoms with Crippen molar-refractivity contribution >= 4 is 17.5 Å². The molecule has 3 nitrogen and oxygen atoms in total. The van der Waals surface area contributed by atoms with Crippen molar-refractivity contribution < 1.29 is 9.21 Å². The van der Waals surface area contributed by atoms with Crippen LogP contribution in [0.1, 0.15) is 36.2 Å².